The Labute approximate surface area is 408 Å². The van der Waals surface area contributed by atoms with E-state index in [0.29, 0.717) is 24.2 Å². The summed E-state index contributed by atoms with van der Waals surface area (Å²) in [6.45, 7) is 11.1. The molecule has 3 N–H and O–H groups in total. The summed E-state index contributed by atoms with van der Waals surface area (Å²) in [6, 6.07) is 15.3. The predicted octanol–water partition coefficient (Wildman–Crippen LogP) is 6.94. The monoisotopic (exact) mass is 953 g/mol. The standard InChI is InChI=1S/C28H35N7O4.C24H29N5O2/c1-18-23(6-11-38-18)34-27(36)19-16-31-28(32-17-19)33-20-2-4-22(5-3-20)39-25-15-21(35-9-12-37-13-10-35)14-24-26(25)30-8-7-29-24;1-17-25-10-8-23(27-17)28-19-4-6-21(7-5-19)31-22-16-20(29-11-13-30-14-12-29)15-18-3-2-9-26-24(18)22/h7-8,14-18,20,22-23H,2-6,9-13H2,1H3,(H,34,36)(H,31,32,33);2-3,8-10,15-16,19,21H,4-7,11-14H2,1H3,(H,25,27,28). The van der Waals surface area contributed by atoms with Gasteiger partial charge in [-0.2, -0.15) is 0 Å². The summed E-state index contributed by atoms with van der Waals surface area (Å²) in [7, 11) is 0. The fourth-order valence-electron chi connectivity index (χ4n) is 9.99. The van der Waals surface area contributed by atoms with E-state index in [-0.39, 0.29) is 36.3 Å². The highest BCUT2D eigenvalue weighted by molar-refractivity contribution is 5.94. The number of carbonyl (C=O) groups is 1. The van der Waals surface area contributed by atoms with Crippen LogP contribution >= 0.6 is 0 Å². The van der Waals surface area contributed by atoms with E-state index in [4.69, 9.17) is 23.7 Å². The number of anilines is 4. The minimum Gasteiger partial charge on any atom is -0.488 e. The lowest BCUT2D eigenvalue weighted by atomic mass is 9.93. The number of fused-ring (bicyclic) bond motifs is 2. The highest BCUT2D eigenvalue weighted by Crippen LogP contribution is 2.35. The quantitative estimate of drug-likeness (QED) is 0.114. The first-order valence-electron chi connectivity index (χ1n) is 25.1. The van der Waals surface area contributed by atoms with E-state index in [1.807, 2.05) is 32.2 Å². The van der Waals surface area contributed by atoms with Crippen LogP contribution in [0.15, 0.2) is 79.6 Å². The van der Waals surface area contributed by atoms with Gasteiger partial charge in [-0.15, -0.1) is 0 Å². The van der Waals surface area contributed by atoms with Gasteiger partial charge in [-0.1, -0.05) is 6.07 Å². The zero-order chi connectivity index (χ0) is 47.7. The van der Waals surface area contributed by atoms with Crippen molar-refractivity contribution in [1.29, 1.82) is 0 Å². The number of benzene rings is 2. The van der Waals surface area contributed by atoms with Crippen LogP contribution in [0.2, 0.25) is 0 Å². The second kappa shape index (κ2) is 22.5. The summed E-state index contributed by atoms with van der Waals surface area (Å²) in [5.74, 6) is 3.74. The topological polar surface area (TPSA) is 196 Å². The summed E-state index contributed by atoms with van der Waals surface area (Å²) < 4.78 is 29.6. The van der Waals surface area contributed by atoms with Crippen LogP contribution in [0.3, 0.4) is 0 Å². The summed E-state index contributed by atoms with van der Waals surface area (Å²) in [5.41, 5.74) is 5.31. The molecule has 2 unspecified atom stereocenters. The maximum absolute atomic E-state index is 12.5. The number of aromatic nitrogens is 7. The Kier molecular flexibility index (Phi) is 15.2. The molecule has 0 radical (unpaired) electrons. The van der Waals surface area contributed by atoms with Crippen molar-refractivity contribution in [3.05, 3.63) is 91.0 Å². The van der Waals surface area contributed by atoms with E-state index in [1.165, 1.54) is 5.69 Å². The van der Waals surface area contributed by atoms with Crippen LogP contribution in [-0.2, 0) is 14.2 Å². The van der Waals surface area contributed by atoms with Gasteiger partial charge in [-0.05, 0) is 95.9 Å². The third-order valence-electron chi connectivity index (χ3n) is 13.9. The first-order valence-corrected chi connectivity index (χ1v) is 25.1. The van der Waals surface area contributed by atoms with Gasteiger partial charge in [0.25, 0.3) is 5.91 Å². The van der Waals surface area contributed by atoms with Gasteiger partial charge in [0.05, 0.1) is 61.9 Å². The van der Waals surface area contributed by atoms with Gasteiger partial charge in [-0.3, -0.25) is 14.8 Å². The van der Waals surface area contributed by atoms with Crippen LogP contribution in [0, 0.1) is 6.92 Å². The lowest BCUT2D eigenvalue weighted by Crippen LogP contribution is -2.39. The Morgan fingerprint density at radius 2 is 1.26 bits per heavy atom. The molecule has 70 heavy (non-hydrogen) atoms. The van der Waals surface area contributed by atoms with E-state index in [2.05, 4.69) is 91.0 Å². The van der Waals surface area contributed by atoms with Gasteiger partial charge >= 0.3 is 0 Å². The predicted molar refractivity (Wildman–Crippen MR) is 268 cm³/mol. The third kappa shape index (κ3) is 11.9. The minimum atomic E-state index is -0.170. The highest BCUT2D eigenvalue weighted by Gasteiger charge is 2.28. The number of hydrogen-bond acceptors (Lipinski definition) is 17. The van der Waals surface area contributed by atoms with Crippen molar-refractivity contribution in [3.63, 3.8) is 0 Å². The molecule has 3 aliphatic heterocycles. The second-order valence-electron chi connectivity index (χ2n) is 18.8. The van der Waals surface area contributed by atoms with Crippen molar-refractivity contribution < 1.29 is 28.5 Å². The molecular formula is C52H64N12O6. The van der Waals surface area contributed by atoms with Crippen LogP contribution in [0.5, 0.6) is 11.5 Å². The fourth-order valence-corrected chi connectivity index (χ4v) is 9.99. The zero-order valence-electron chi connectivity index (χ0n) is 40.2. The van der Waals surface area contributed by atoms with Gasteiger partial charge in [0, 0.05) is 111 Å². The van der Waals surface area contributed by atoms with Crippen LogP contribution in [0.25, 0.3) is 21.9 Å². The van der Waals surface area contributed by atoms with Crippen LogP contribution in [0.1, 0.15) is 80.9 Å². The minimum absolute atomic E-state index is 0.0234. The molecule has 11 rings (SSSR count). The molecule has 4 aromatic heterocycles. The Morgan fingerprint density at radius 1 is 0.643 bits per heavy atom. The second-order valence-corrected chi connectivity index (χ2v) is 18.8. The van der Waals surface area contributed by atoms with Crippen molar-refractivity contribution in [2.24, 2.45) is 0 Å². The number of pyridine rings is 1. The fraction of sp³-hybridized carbons (Fsp3) is 0.500. The van der Waals surface area contributed by atoms with Crippen molar-refractivity contribution in [2.45, 2.75) is 108 Å². The number of carbonyl (C=O) groups excluding carboxylic acids is 1. The number of aryl methyl sites for hydroxylation is 1. The summed E-state index contributed by atoms with van der Waals surface area (Å²) in [6.07, 6.45) is 19.2. The van der Waals surface area contributed by atoms with Crippen LogP contribution < -0.4 is 35.2 Å². The largest absolute Gasteiger partial charge is 0.488 e. The lowest BCUT2D eigenvalue weighted by Gasteiger charge is -2.31. The van der Waals surface area contributed by atoms with E-state index in [1.54, 1.807) is 31.0 Å². The molecule has 2 atom stereocenters. The number of hydrogen-bond donors (Lipinski definition) is 3. The van der Waals surface area contributed by atoms with E-state index in [0.717, 1.165) is 161 Å². The molecule has 0 spiro atoms. The van der Waals surface area contributed by atoms with Gasteiger partial charge < -0.3 is 49.4 Å². The number of nitrogens with zero attached hydrogens (tertiary/aromatic N) is 9. The van der Waals surface area contributed by atoms with Crippen molar-refractivity contribution in [3.8, 4) is 11.5 Å². The molecule has 18 nitrogen and oxygen atoms in total. The van der Waals surface area contributed by atoms with Crippen LogP contribution in [0.4, 0.5) is 23.1 Å². The molecule has 2 saturated carbocycles. The summed E-state index contributed by atoms with van der Waals surface area (Å²) in [5, 5.41) is 11.1. The van der Waals surface area contributed by atoms with Crippen molar-refractivity contribution in [2.75, 3.05) is 79.6 Å². The molecule has 5 fully saturated rings. The molecular weight excluding hydrogens is 889 g/mol. The average Bonchev–Trinajstić information content (AvgIpc) is 3.81. The highest BCUT2D eigenvalue weighted by atomic mass is 16.5. The SMILES string of the molecule is CC1OCCC1NC(=O)c1cnc(NC2CCC(Oc3cc(N4CCOCC4)cc4nccnc34)CC2)nc1.Cc1nccc(NC2CCC(Oc3cc(N4CCOCC4)cc4cccnc34)CC2)n1. The number of amides is 1. The lowest BCUT2D eigenvalue weighted by molar-refractivity contribution is 0.0865. The van der Waals surface area contributed by atoms with Crippen LogP contribution in [-0.4, -0.2) is 136 Å². The molecule has 368 valence electrons. The van der Waals surface area contributed by atoms with Gasteiger partial charge in [0.15, 0.2) is 0 Å². The van der Waals surface area contributed by atoms with Crippen molar-refractivity contribution >= 4 is 51.0 Å². The van der Waals surface area contributed by atoms with Gasteiger partial charge in [-0.25, -0.2) is 24.9 Å². The smallest absolute Gasteiger partial charge is 0.254 e. The summed E-state index contributed by atoms with van der Waals surface area (Å²) >= 11 is 0. The normalized spacial score (nSPS) is 23.8. The molecule has 2 aliphatic carbocycles. The Balaban J connectivity index is 0.000000166. The number of ether oxygens (including phenoxy) is 5. The van der Waals surface area contributed by atoms with E-state index < -0.39 is 0 Å². The Bertz CT molecular complexity index is 2670. The first-order chi connectivity index (χ1) is 34.4. The molecule has 3 saturated heterocycles. The molecule has 5 aliphatic rings. The third-order valence-corrected chi connectivity index (χ3v) is 13.9. The molecule has 1 amide bonds. The molecule has 18 heteroatoms. The van der Waals surface area contributed by atoms with Gasteiger partial charge in [0.1, 0.15) is 34.2 Å². The van der Waals surface area contributed by atoms with Gasteiger partial charge in [0.2, 0.25) is 5.95 Å². The molecule has 2 aromatic carbocycles. The maximum Gasteiger partial charge on any atom is 0.254 e. The average molecular weight is 953 g/mol. The van der Waals surface area contributed by atoms with E-state index in [9.17, 15) is 4.79 Å². The number of rotatable bonds is 12. The molecule has 0 bridgehead atoms. The molecule has 6 aromatic rings. The molecule has 7 heterocycles. The van der Waals surface area contributed by atoms with Crippen molar-refractivity contribution in [1.82, 2.24) is 40.2 Å². The first kappa shape index (κ1) is 47.2. The number of morpholine rings is 2. The zero-order valence-corrected chi connectivity index (χ0v) is 40.2. The Morgan fingerprint density at radius 3 is 1.90 bits per heavy atom. The maximum atomic E-state index is 12.5. The summed E-state index contributed by atoms with van der Waals surface area (Å²) in [4.78, 5) is 48.3. The van der Waals surface area contributed by atoms with E-state index >= 15 is 0 Å². The number of nitrogens with one attached hydrogen (secondary N) is 3. The Hall–Kier alpha value is -6.50.